The van der Waals surface area contributed by atoms with Gasteiger partial charge in [-0.2, -0.15) is 0 Å². The Bertz CT molecular complexity index is 301. The van der Waals surface area contributed by atoms with Gasteiger partial charge in [0, 0.05) is 13.1 Å². The molecule has 104 valence electrons. The number of aliphatic hydroxyl groups is 1. The van der Waals surface area contributed by atoms with Crippen molar-refractivity contribution >= 4 is 5.97 Å². The molecular formula is C13H23NO4. The van der Waals surface area contributed by atoms with Crippen molar-refractivity contribution in [2.45, 2.75) is 56.3 Å². The van der Waals surface area contributed by atoms with Crippen LogP contribution >= 0.6 is 0 Å². The number of nitrogens with zero attached hydrogens (tertiary/aromatic N) is 1. The second-order valence-corrected chi connectivity index (χ2v) is 5.79. The summed E-state index contributed by atoms with van der Waals surface area (Å²) in [6.07, 6.45) is 4.69. The fourth-order valence-corrected chi connectivity index (χ4v) is 3.13. The Balaban J connectivity index is 1.74. The molecule has 2 aliphatic rings. The summed E-state index contributed by atoms with van der Waals surface area (Å²) < 4.78 is 5.47. The molecule has 1 aliphatic carbocycles. The van der Waals surface area contributed by atoms with Crippen LogP contribution in [-0.4, -0.2) is 59.0 Å². The highest BCUT2D eigenvalue weighted by Crippen LogP contribution is 2.30. The molecular weight excluding hydrogens is 234 g/mol. The summed E-state index contributed by atoms with van der Waals surface area (Å²) in [5, 5.41) is 19.2. The Hall–Kier alpha value is -0.650. The number of carboxylic acid groups (broad SMARTS) is 1. The van der Waals surface area contributed by atoms with E-state index in [9.17, 15) is 9.90 Å². The van der Waals surface area contributed by atoms with Crippen LogP contribution < -0.4 is 0 Å². The van der Waals surface area contributed by atoms with Crippen molar-refractivity contribution in [3.63, 3.8) is 0 Å². The second kappa shape index (κ2) is 5.55. The molecule has 1 heterocycles. The highest BCUT2D eigenvalue weighted by molar-refractivity contribution is 5.72. The summed E-state index contributed by atoms with van der Waals surface area (Å²) in [5.74, 6) is -0.866. The Morgan fingerprint density at radius 3 is 2.61 bits per heavy atom. The van der Waals surface area contributed by atoms with E-state index < -0.39 is 17.7 Å². The molecule has 1 saturated carbocycles. The maximum Gasteiger partial charge on any atom is 0.332 e. The van der Waals surface area contributed by atoms with Crippen LogP contribution in [0, 0.1) is 0 Å². The van der Waals surface area contributed by atoms with E-state index >= 15 is 0 Å². The van der Waals surface area contributed by atoms with Gasteiger partial charge in [0.05, 0.1) is 11.7 Å². The standard InChI is InChI=1S/C13H23NO4/c1-14(9-13(17)6-2-3-7-13)8-10-4-5-11(18-10)12(15)16/h10-11,17H,2-9H2,1H3,(H,15,16). The molecule has 2 rings (SSSR count). The molecule has 5 nitrogen and oxygen atoms in total. The molecule has 2 fully saturated rings. The smallest absolute Gasteiger partial charge is 0.332 e. The number of carboxylic acids is 1. The molecule has 0 aromatic carbocycles. The SMILES string of the molecule is CN(CC1CCC(C(=O)O)O1)CC1(O)CCCC1. The fourth-order valence-electron chi connectivity index (χ4n) is 3.13. The summed E-state index contributed by atoms with van der Waals surface area (Å²) in [4.78, 5) is 12.9. The maximum atomic E-state index is 10.8. The van der Waals surface area contributed by atoms with E-state index in [-0.39, 0.29) is 6.10 Å². The van der Waals surface area contributed by atoms with Gasteiger partial charge in [-0.25, -0.2) is 4.79 Å². The third-order valence-electron chi connectivity index (χ3n) is 4.00. The maximum absolute atomic E-state index is 10.8. The van der Waals surface area contributed by atoms with E-state index in [2.05, 4.69) is 4.90 Å². The zero-order chi connectivity index (χ0) is 13.2. The topological polar surface area (TPSA) is 70.0 Å². The molecule has 0 amide bonds. The molecule has 1 saturated heterocycles. The molecule has 0 aromatic rings. The highest BCUT2D eigenvalue weighted by atomic mass is 16.5. The normalized spacial score (nSPS) is 31.1. The zero-order valence-corrected chi connectivity index (χ0v) is 11.0. The first-order valence-electron chi connectivity index (χ1n) is 6.78. The largest absolute Gasteiger partial charge is 0.479 e. The summed E-state index contributed by atoms with van der Waals surface area (Å²) in [5.41, 5.74) is -0.542. The van der Waals surface area contributed by atoms with Crippen LogP contribution in [0.2, 0.25) is 0 Å². The van der Waals surface area contributed by atoms with Crippen LogP contribution in [0.1, 0.15) is 38.5 Å². The molecule has 0 aromatic heterocycles. The third kappa shape index (κ3) is 3.43. The third-order valence-corrected chi connectivity index (χ3v) is 4.00. The van der Waals surface area contributed by atoms with Crippen molar-refractivity contribution in [3.05, 3.63) is 0 Å². The van der Waals surface area contributed by atoms with Gasteiger partial charge in [-0.1, -0.05) is 12.8 Å². The lowest BCUT2D eigenvalue weighted by molar-refractivity contribution is -0.149. The molecule has 0 spiro atoms. The Morgan fingerprint density at radius 1 is 1.39 bits per heavy atom. The van der Waals surface area contributed by atoms with Crippen LogP contribution in [0.15, 0.2) is 0 Å². The first kappa shape index (κ1) is 13.8. The van der Waals surface area contributed by atoms with Crippen molar-refractivity contribution < 1.29 is 19.7 Å². The fraction of sp³-hybridized carbons (Fsp3) is 0.923. The summed E-state index contributed by atoms with van der Waals surface area (Å²) in [7, 11) is 1.97. The Kier molecular flexibility index (Phi) is 4.25. The molecule has 0 radical (unpaired) electrons. The lowest BCUT2D eigenvalue weighted by Crippen LogP contribution is -2.42. The molecule has 18 heavy (non-hydrogen) atoms. The number of aliphatic carboxylic acids is 1. The van der Waals surface area contributed by atoms with Crippen molar-refractivity contribution in [3.8, 4) is 0 Å². The number of likely N-dealkylation sites (N-methyl/N-ethyl adjacent to an activating group) is 1. The minimum atomic E-state index is -0.866. The van der Waals surface area contributed by atoms with Gasteiger partial charge in [0.25, 0.3) is 0 Å². The summed E-state index contributed by atoms with van der Waals surface area (Å²) >= 11 is 0. The molecule has 2 N–H and O–H groups in total. The summed E-state index contributed by atoms with van der Waals surface area (Å²) in [6.45, 7) is 1.36. The first-order chi connectivity index (χ1) is 8.48. The Morgan fingerprint density at radius 2 is 2.06 bits per heavy atom. The minimum absolute atomic E-state index is 0.0129. The number of hydrogen-bond donors (Lipinski definition) is 2. The van der Waals surface area contributed by atoms with Crippen molar-refractivity contribution in [1.29, 1.82) is 0 Å². The predicted octanol–water partition coefficient (Wildman–Crippen LogP) is 0.855. The molecule has 0 bridgehead atoms. The lowest BCUT2D eigenvalue weighted by Gasteiger charge is -2.30. The quantitative estimate of drug-likeness (QED) is 0.764. The molecule has 1 aliphatic heterocycles. The van der Waals surface area contributed by atoms with Crippen molar-refractivity contribution in [1.82, 2.24) is 4.90 Å². The number of carbonyl (C=O) groups is 1. The van der Waals surface area contributed by atoms with Crippen LogP contribution in [-0.2, 0) is 9.53 Å². The van der Waals surface area contributed by atoms with Crippen LogP contribution in [0.4, 0.5) is 0 Å². The van der Waals surface area contributed by atoms with E-state index in [1.807, 2.05) is 7.05 Å². The van der Waals surface area contributed by atoms with Gasteiger partial charge in [0.1, 0.15) is 0 Å². The van der Waals surface area contributed by atoms with Crippen LogP contribution in [0.25, 0.3) is 0 Å². The first-order valence-corrected chi connectivity index (χ1v) is 6.78. The molecule has 5 heteroatoms. The van der Waals surface area contributed by atoms with Crippen molar-refractivity contribution in [2.24, 2.45) is 0 Å². The zero-order valence-electron chi connectivity index (χ0n) is 11.0. The molecule has 2 unspecified atom stereocenters. The predicted molar refractivity (Wildman–Crippen MR) is 66.4 cm³/mol. The number of ether oxygens (including phenoxy) is 1. The average Bonchev–Trinajstić information content (AvgIpc) is 2.87. The average molecular weight is 257 g/mol. The van der Waals surface area contributed by atoms with E-state index in [0.717, 1.165) is 32.1 Å². The molecule has 2 atom stereocenters. The number of hydrogen-bond acceptors (Lipinski definition) is 4. The van der Waals surface area contributed by atoms with Gasteiger partial charge in [-0.15, -0.1) is 0 Å². The monoisotopic (exact) mass is 257 g/mol. The summed E-state index contributed by atoms with van der Waals surface area (Å²) in [6, 6.07) is 0. The van der Waals surface area contributed by atoms with Crippen LogP contribution in [0.5, 0.6) is 0 Å². The van der Waals surface area contributed by atoms with E-state index in [0.29, 0.717) is 19.5 Å². The van der Waals surface area contributed by atoms with Gasteiger partial charge in [0.15, 0.2) is 6.10 Å². The van der Waals surface area contributed by atoms with Gasteiger partial charge >= 0.3 is 5.97 Å². The second-order valence-electron chi connectivity index (χ2n) is 5.79. The Labute approximate surface area is 108 Å². The van der Waals surface area contributed by atoms with E-state index in [4.69, 9.17) is 9.84 Å². The van der Waals surface area contributed by atoms with Gasteiger partial charge in [-0.05, 0) is 32.7 Å². The van der Waals surface area contributed by atoms with Crippen LogP contribution in [0.3, 0.4) is 0 Å². The van der Waals surface area contributed by atoms with E-state index in [1.165, 1.54) is 0 Å². The van der Waals surface area contributed by atoms with Gasteiger partial charge in [0.2, 0.25) is 0 Å². The minimum Gasteiger partial charge on any atom is -0.479 e. The number of rotatable bonds is 5. The lowest BCUT2D eigenvalue weighted by atomic mass is 10.0. The van der Waals surface area contributed by atoms with Crippen molar-refractivity contribution in [2.75, 3.05) is 20.1 Å². The van der Waals surface area contributed by atoms with Gasteiger partial charge < -0.3 is 19.8 Å². The van der Waals surface area contributed by atoms with E-state index in [1.54, 1.807) is 0 Å². The van der Waals surface area contributed by atoms with Gasteiger partial charge in [-0.3, -0.25) is 0 Å². The highest BCUT2D eigenvalue weighted by Gasteiger charge is 2.35.